The van der Waals surface area contributed by atoms with Gasteiger partial charge in [0.05, 0.1) is 17.6 Å². The minimum absolute atomic E-state index is 0.0102. The average Bonchev–Trinajstić information content (AvgIpc) is 2.83. The summed E-state index contributed by atoms with van der Waals surface area (Å²) in [6.45, 7) is 1.08. The van der Waals surface area contributed by atoms with Crippen LogP contribution in [-0.2, 0) is 4.79 Å². The first kappa shape index (κ1) is 12.9. The van der Waals surface area contributed by atoms with Crippen molar-refractivity contribution in [2.24, 2.45) is 5.92 Å². The molecule has 1 aromatic carbocycles. The van der Waals surface area contributed by atoms with Gasteiger partial charge in [0.25, 0.3) is 5.91 Å². The predicted molar refractivity (Wildman–Crippen MR) is 71.4 cm³/mol. The summed E-state index contributed by atoms with van der Waals surface area (Å²) in [6, 6.07) is 3.95. The van der Waals surface area contributed by atoms with Crippen molar-refractivity contribution in [3.05, 3.63) is 29.6 Å². The third kappa shape index (κ3) is 2.01. The first-order valence-corrected chi connectivity index (χ1v) is 6.71. The smallest absolute Gasteiger partial charge is 0.254 e. The van der Waals surface area contributed by atoms with Gasteiger partial charge < -0.3 is 16.0 Å². The van der Waals surface area contributed by atoms with Gasteiger partial charge in [-0.3, -0.25) is 9.59 Å². The highest BCUT2D eigenvalue weighted by molar-refractivity contribution is 5.96. The normalized spacial score (nSPS) is 25.2. The van der Waals surface area contributed by atoms with Crippen LogP contribution in [0.5, 0.6) is 0 Å². The lowest BCUT2D eigenvalue weighted by Gasteiger charge is -2.36. The van der Waals surface area contributed by atoms with Gasteiger partial charge in [-0.2, -0.15) is 0 Å². The highest BCUT2D eigenvalue weighted by atomic mass is 19.1. The maximum absolute atomic E-state index is 13.5. The van der Waals surface area contributed by atoms with Gasteiger partial charge >= 0.3 is 0 Å². The number of nitrogens with two attached hydrogens (primary N) is 1. The monoisotopic (exact) mass is 277 g/mol. The van der Waals surface area contributed by atoms with E-state index in [1.165, 1.54) is 12.1 Å². The first-order chi connectivity index (χ1) is 9.58. The molecule has 0 radical (unpaired) electrons. The summed E-state index contributed by atoms with van der Waals surface area (Å²) in [5, 5.41) is 2.79. The number of nitrogen functional groups attached to an aromatic ring is 1. The third-order valence-electron chi connectivity index (χ3n) is 4.11. The predicted octanol–water partition coefficient (Wildman–Crippen LogP) is 0.758. The molecule has 0 saturated carbocycles. The average molecular weight is 277 g/mol. The second-order valence-electron chi connectivity index (χ2n) is 5.30. The van der Waals surface area contributed by atoms with Crippen LogP contribution in [0.4, 0.5) is 10.1 Å². The Balaban J connectivity index is 1.86. The van der Waals surface area contributed by atoms with Gasteiger partial charge in [-0.15, -0.1) is 0 Å². The van der Waals surface area contributed by atoms with Crippen molar-refractivity contribution >= 4 is 17.5 Å². The molecule has 3 N–H and O–H groups in total. The molecule has 2 atom stereocenters. The minimum atomic E-state index is -0.593. The van der Waals surface area contributed by atoms with Gasteiger partial charge in [0.1, 0.15) is 5.82 Å². The number of carbonyl (C=O) groups excluding carboxylic acids is 2. The number of likely N-dealkylation sites (tertiary alicyclic amines) is 1. The zero-order valence-electron chi connectivity index (χ0n) is 10.9. The van der Waals surface area contributed by atoms with E-state index in [-0.39, 0.29) is 35.0 Å². The highest BCUT2D eigenvalue weighted by Crippen LogP contribution is 2.28. The summed E-state index contributed by atoms with van der Waals surface area (Å²) in [5.41, 5.74) is 5.72. The van der Waals surface area contributed by atoms with Gasteiger partial charge in [0.2, 0.25) is 5.91 Å². The van der Waals surface area contributed by atoms with E-state index in [9.17, 15) is 14.0 Å². The minimum Gasteiger partial charge on any atom is -0.396 e. The Labute approximate surface area is 115 Å². The fourth-order valence-corrected chi connectivity index (χ4v) is 3.03. The largest absolute Gasteiger partial charge is 0.396 e. The Kier molecular flexibility index (Phi) is 3.08. The van der Waals surface area contributed by atoms with Crippen LogP contribution in [0.3, 0.4) is 0 Å². The summed E-state index contributed by atoms with van der Waals surface area (Å²) < 4.78 is 13.5. The van der Waals surface area contributed by atoms with Crippen molar-refractivity contribution in [1.82, 2.24) is 10.2 Å². The molecular weight excluding hydrogens is 261 g/mol. The Bertz CT molecular complexity index is 576. The number of hydrogen-bond donors (Lipinski definition) is 2. The molecule has 1 aromatic rings. The number of carbonyl (C=O) groups is 2. The van der Waals surface area contributed by atoms with Crippen LogP contribution in [0, 0.1) is 11.7 Å². The Morgan fingerprint density at radius 2 is 2.25 bits per heavy atom. The lowest BCUT2D eigenvalue weighted by Crippen LogP contribution is -2.48. The lowest BCUT2D eigenvalue weighted by molar-refractivity contribution is -0.123. The third-order valence-corrected chi connectivity index (χ3v) is 4.11. The lowest BCUT2D eigenvalue weighted by atomic mass is 9.91. The van der Waals surface area contributed by atoms with Crippen LogP contribution in [0.2, 0.25) is 0 Å². The van der Waals surface area contributed by atoms with Gasteiger partial charge in [0, 0.05) is 18.7 Å². The number of fused-ring (bicyclic) bond motifs is 1. The van der Waals surface area contributed by atoms with E-state index in [1.807, 2.05) is 0 Å². The molecule has 2 saturated heterocycles. The molecule has 5 nitrogen and oxygen atoms in total. The number of nitrogens with one attached hydrogen (secondary N) is 1. The summed E-state index contributed by atoms with van der Waals surface area (Å²) in [4.78, 5) is 25.9. The molecule has 2 aliphatic heterocycles. The molecule has 6 heteroatoms. The molecule has 2 heterocycles. The number of rotatable bonds is 1. The Hall–Kier alpha value is -2.11. The molecule has 2 amide bonds. The second kappa shape index (κ2) is 4.77. The van der Waals surface area contributed by atoms with Gasteiger partial charge in [-0.05, 0) is 31.0 Å². The van der Waals surface area contributed by atoms with E-state index in [4.69, 9.17) is 5.73 Å². The Morgan fingerprint density at radius 1 is 1.45 bits per heavy atom. The summed E-state index contributed by atoms with van der Waals surface area (Å²) in [5.74, 6) is -0.956. The van der Waals surface area contributed by atoms with E-state index in [0.29, 0.717) is 13.1 Å². The number of amides is 2. The fraction of sp³-hybridized carbons (Fsp3) is 0.429. The van der Waals surface area contributed by atoms with Crippen LogP contribution in [-0.4, -0.2) is 35.8 Å². The molecule has 20 heavy (non-hydrogen) atoms. The number of piperidine rings is 1. The molecular formula is C14H16FN3O2. The summed E-state index contributed by atoms with van der Waals surface area (Å²) in [6.07, 6.45) is 1.59. The maximum Gasteiger partial charge on any atom is 0.254 e. The highest BCUT2D eigenvalue weighted by Gasteiger charge is 2.42. The van der Waals surface area contributed by atoms with Gasteiger partial charge in [-0.1, -0.05) is 0 Å². The Morgan fingerprint density at radius 3 is 3.00 bits per heavy atom. The second-order valence-corrected chi connectivity index (χ2v) is 5.30. The van der Waals surface area contributed by atoms with E-state index in [1.54, 1.807) is 4.90 Å². The standard InChI is InChI=1S/C14H16FN3O2/c15-10-6-8(3-4-11(10)16)14(20)18-5-1-2-9-12(18)7-17-13(9)19/h3-4,6,9,12H,1-2,5,7,16H2,(H,17,19). The fourth-order valence-electron chi connectivity index (χ4n) is 3.03. The van der Waals surface area contributed by atoms with Crippen molar-refractivity contribution in [3.63, 3.8) is 0 Å². The number of hydrogen-bond acceptors (Lipinski definition) is 3. The van der Waals surface area contributed by atoms with Crippen LogP contribution in [0.25, 0.3) is 0 Å². The number of benzene rings is 1. The maximum atomic E-state index is 13.5. The van der Waals surface area contributed by atoms with E-state index in [2.05, 4.69) is 5.32 Å². The van der Waals surface area contributed by atoms with Crippen LogP contribution in [0.1, 0.15) is 23.2 Å². The topological polar surface area (TPSA) is 75.4 Å². The molecule has 2 aliphatic rings. The number of anilines is 1. The summed E-state index contributed by atoms with van der Waals surface area (Å²) in [7, 11) is 0. The number of halogens is 1. The van der Waals surface area contributed by atoms with Crippen molar-refractivity contribution in [2.75, 3.05) is 18.8 Å². The van der Waals surface area contributed by atoms with Crippen LogP contribution in [0.15, 0.2) is 18.2 Å². The quantitative estimate of drug-likeness (QED) is 0.744. The molecule has 0 spiro atoms. The van der Waals surface area contributed by atoms with E-state index >= 15 is 0 Å². The zero-order valence-corrected chi connectivity index (χ0v) is 10.9. The zero-order chi connectivity index (χ0) is 14.3. The van der Waals surface area contributed by atoms with Crippen molar-refractivity contribution < 1.29 is 14.0 Å². The molecule has 3 rings (SSSR count). The van der Waals surface area contributed by atoms with Crippen molar-refractivity contribution in [2.45, 2.75) is 18.9 Å². The molecule has 0 aromatic heterocycles. The SMILES string of the molecule is Nc1ccc(C(=O)N2CCCC3C(=O)NCC32)cc1F. The van der Waals surface area contributed by atoms with Gasteiger partial charge in [0.15, 0.2) is 0 Å². The molecule has 0 bridgehead atoms. The summed E-state index contributed by atoms with van der Waals surface area (Å²) >= 11 is 0. The molecule has 2 fully saturated rings. The number of nitrogens with zero attached hydrogens (tertiary/aromatic N) is 1. The van der Waals surface area contributed by atoms with Crippen LogP contribution >= 0.6 is 0 Å². The van der Waals surface area contributed by atoms with Crippen LogP contribution < -0.4 is 11.1 Å². The van der Waals surface area contributed by atoms with E-state index < -0.39 is 5.82 Å². The molecule has 0 aliphatic carbocycles. The molecule has 2 unspecified atom stereocenters. The molecule has 106 valence electrons. The first-order valence-electron chi connectivity index (χ1n) is 6.71. The van der Waals surface area contributed by atoms with Crippen molar-refractivity contribution in [3.8, 4) is 0 Å². The van der Waals surface area contributed by atoms with Gasteiger partial charge in [-0.25, -0.2) is 4.39 Å². The van der Waals surface area contributed by atoms with E-state index in [0.717, 1.165) is 18.9 Å². The van der Waals surface area contributed by atoms with Crippen molar-refractivity contribution in [1.29, 1.82) is 0 Å².